The predicted molar refractivity (Wildman–Crippen MR) is 92.3 cm³/mol. The molecule has 0 unspecified atom stereocenters. The quantitative estimate of drug-likeness (QED) is 0.884. The van der Waals surface area contributed by atoms with E-state index < -0.39 is 0 Å². The van der Waals surface area contributed by atoms with Gasteiger partial charge < -0.3 is 19.9 Å². The molecule has 1 atom stereocenters. The number of nitrogens with zero attached hydrogens (tertiary/aromatic N) is 3. The zero-order valence-corrected chi connectivity index (χ0v) is 14.2. The first-order valence-electron chi connectivity index (χ1n) is 8.26. The van der Waals surface area contributed by atoms with Crippen LogP contribution in [0.1, 0.15) is 6.92 Å². The summed E-state index contributed by atoms with van der Waals surface area (Å²) in [5.41, 5.74) is 1.44. The predicted octanol–water partition coefficient (Wildman–Crippen LogP) is 1.22. The summed E-state index contributed by atoms with van der Waals surface area (Å²) in [6, 6.07) is 7.48. The van der Waals surface area contributed by atoms with Crippen molar-refractivity contribution in [2.24, 2.45) is 0 Å². The Kier molecular flexibility index (Phi) is 5.01. The highest BCUT2D eigenvalue weighted by Crippen LogP contribution is 2.20. The smallest absolute Gasteiger partial charge is 0.321 e. The van der Waals surface area contributed by atoms with Crippen molar-refractivity contribution >= 4 is 23.3 Å². The van der Waals surface area contributed by atoms with Crippen molar-refractivity contribution in [1.29, 1.82) is 0 Å². The highest BCUT2D eigenvalue weighted by Gasteiger charge is 2.31. The first-order chi connectivity index (χ1) is 11.5. The number of fused-ring (bicyclic) bond motifs is 1. The standard InChI is InChI=1S/C17H24N4O3/c1-13(22)19(2)15-5-3-4-14(10-15)18-17(23)21-7-6-20-8-9-24-12-16(20)11-21/h3-5,10,16H,6-9,11-12H2,1-2H3,(H,18,23)/t16-/m1/s1. The molecule has 0 radical (unpaired) electrons. The highest BCUT2D eigenvalue weighted by molar-refractivity contribution is 5.93. The lowest BCUT2D eigenvalue weighted by molar-refractivity contribution is -0.116. The summed E-state index contributed by atoms with van der Waals surface area (Å²) in [7, 11) is 1.71. The van der Waals surface area contributed by atoms with Crippen LogP contribution in [-0.2, 0) is 9.53 Å². The molecule has 1 aromatic rings. The van der Waals surface area contributed by atoms with Crippen LogP contribution < -0.4 is 10.2 Å². The second-order valence-electron chi connectivity index (χ2n) is 6.27. The molecule has 3 rings (SSSR count). The summed E-state index contributed by atoms with van der Waals surface area (Å²) in [6.45, 7) is 6.20. The van der Waals surface area contributed by atoms with Crippen molar-refractivity contribution in [2.45, 2.75) is 13.0 Å². The van der Waals surface area contributed by atoms with Crippen molar-refractivity contribution < 1.29 is 14.3 Å². The minimum atomic E-state index is -0.108. The molecular formula is C17H24N4O3. The molecule has 3 amide bonds. The average Bonchev–Trinajstić information content (AvgIpc) is 2.60. The van der Waals surface area contributed by atoms with Gasteiger partial charge in [0.1, 0.15) is 0 Å². The van der Waals surface area contributed by atoms with Gasteiger partial charge in [-0.1, -0.05) is 6.07 Å². The maximum atomic E-state index is 12.5. The minimum Gasteiger partial charge on any atom is -0.378 e. The van der Waals surface area contributed by atoms with Gasteiger partial charge in [-0.25, -0.2) is 4.79 Å². The summed E-state index contributed by atoms with van der Waals surface area (Å²) >= 11 is 0. The van der Waals surface area contributed by atoms with E-state index >= 15 is 0 Å². The van der Waals surface area contributed by atoms with Crippen LogP contribution >= 0.6 is 0 Å². The number of morpholine rings is 1. The van der Waals surface area contributed by atoms with Gasteiger partial charge in [-0.2, -0.15) is 0 Å². The number of carbonyl (C=O) groups is 2. The molecule has 0 saturated carbocycles. The summed E-state index contributed by atoms with van der Waals surface area (Å²) < 4.78 is 5.51. The number of piperazine rings is 1. The van der Waals surface area contributed by atoms with E-state index in [0.717, 1.165) is 31.9 Å². The third-order valence-electron chi connectivity index (χ3n) is 4.68. The van der Waals surface area contributed by atoms with E-state index in [-0.39, 0.29) is 18.0 Å². The second kappa shape index (κ2) is 7.19. The Morgan fingerprint density at radius 3 is 2.92 bits per heavy atom. The maximum Gasteiger partial charge on any atom is 0.321 e. The van der Waals surface area contributed by atoms with Gasteiger partial charge in [-0.3, -0.25) is 9.69 Å². The Balaban J connectivity index is 1.62. The SMILES string of the molecule is CC(=O)N(C)c1cccc(NC(=O)N2CCN3CCOC[C@H]3C2)c1. The van der Waals surface area contributed by atoms with E-state index in [1.54, 1.807) is 18.0 Å². The molecule has 1 aromatic carbocycles. The van der Waals surface area contributed by atoms with Crippen molar-refractivity contribution in [3.63, 3.8) is 0 Å². The molecular weight excluding hydrogens is 308 g/mol. The zero-order chi connectivity index (χ0) is 17.1. The molecule has 0 aliphatic carbocycles. The number of amides is 3. The molecule has 2 aliphatic heterocycles. The van der Waals surface area contributed by atoms with Crippen molar-refractivity contribution in [3.05, 3.63) is 24.3 Å². The largest absolute Gasteiger partial charge is 0.378 e. The van der Waals surface area contributed by atoms with Gasteiger partial charge in [0.25, 0.3) is 0 Å². The fraction of sp³-hybridized carbons (Fsp3) is 0.529. The van der Waals surface area contributed by atoms with Gasteiger partial charge in [-0.15, -0.1) is 0 Å². The average molecular weight is 332 g/mol. The van der Waals surface area contributed by atoms with Gasteiger partial charge >= 0.3 is 6.03 Å². The Morgan fingerprint density at radius 2 is 2.12 bits per heavy atom. The molecule has 2 aliphatic rings. The molecule has 1 N–H and O–H groups in total. The third kappa shape index (κ3) is 3.68. The molecule has 0 bridgehead atoms. The molecule has 2 fully saturated rings. The van der Waals surface area contributed by atoms with Crippen LogP contribution in [0.4, 0.5) is 16.2 Å². The number of rotatable bonds is 2. The molecule has 2 saturated heterocycles. The number of carbonyl (C=O) groups excluding carboxylic acids is 2. The Labute approximate surface area is 142 Å². The summed E-state index contributed by atoms with van der Waals surface area (Å²) in [5, 5.41) is 2.93. The fourth-order valence-electron chi connectivity index (χ4n) is 3.11. The monoisotopic (exact) mass is 332 g/mol. The van der Waals surface area contributed by atoms with Crippen LogP contribution in [0.2, 0.25) is 0 Å². The molecule has 24 heavy (non-hydrogen) atoms. The first-order valence-corrected chi connectivity index (χ1v) is 8.26. The molecule has 130 valence electrons. The maximum absolute atomic E-state index is 12.5. The van der Waals surface area contributed by atoms with Crippen molar-refractivity contribution in [1.82, 2.24) is 9.80 Å². The lowest BCUT2D eigenvalue weighted by Gasteiger charge is -2.43. The van der Waals surface area contributed by atoms with Crippen LogP contribution in [0.3, 0.4) is 0 Å². The summed E-state index contributed by atoms with van der Waals surface area (Å²) in [5.74, 6) is -0.0492. The lowest BCUT2D eigenvalue weighted by atomic mass is 10.1. The third-order valence-corrected chi connectivity index (χ3v) is 4.68. The Hall–Kier alpha value is -2.12. The van der Waals surface area contributed by atoms with Crippen LogP contribution in [-0.4, -0.2) is 74.2 Å². The molecule has 0 spiro atoms. The topological polar surface area (TPSA) is 65.1 Å². The minimum absolute atomic E-state index is 0.0492. The van der Waals surface area contributed by atoms with E-state index in [1.165, 1.54) is 6.92 Å². The van der Waals surface area contributed by atoms with Crippen LogP contribution in [0.15, 0.2) is 24.3 Å². The second-order valence-corrected chi connectivity index (χ2v) is 6.27. The number of ether oxygens (including phenoxy) is 1. The van der Waals surface area contributed by atoms with Gasteiger partial charge in [0.15, 0.2) is 0 Å². The molecule has 7 heteroatoms. The summed E-state index contributed by atoms with van der Waals surface area (Å²) in [4.78, 5) is 29.8. The zero-order valence-electron chi connectivity index (χ0n) is 14.2. The van der Waals surface area contributed by atoms with E-state index in [4.69, 9.17) is 4.74 Å². The first kappa shape index (κ1) is 16.7. The van der Waals surface area contributed by atoms with Gasteiger partial charge in [0.2, 0.25) is 5.91 Å². The van der Waals surface area contributed by atoms with E-state index in [0.29, 0.717) is 18.8 Å². The van der Waals surface area contributed by atoms with Crippen LogP contribution in [0.5, 0.6) is 0 Å². The van der Waals surface area contributed by atoms with E-state index in [1.807, 2.05) is 23.1 Å². The Morgan fingerprint density at radius 1 is 1.29 bits per heavy atom. The lowest BCUT2D eigenvalue weighted by Crippen LogP contribution is -2.59. The van der Waals surface area contributed by atoms with Crippen LogP contribution in [0.25, 0.3) is 0 Å². The van der Waals surface area contributed by atoms with Crippen LogP contribution in [0, 0.1) is 0 Å². The Bertz CT molecular complexity index is 622. The fourth-order valence-corrected chi connectivity index (χ4v) is 3.11. The molecule has 0 aromatic heterocycles. The van der Waals surface area contributed by atoms with E-state index in [2.05, 4.69) is 10.2 Å². The van der Waals surface area contributed by atoms with Gasteiger partial charge in [0.05, 0.1) is 19.3 Å². The highest BCUT2D eigenvalue weighted by atomic mass is 16.5. The number of urea groups is 1. The number of hydrogen-bond acceptors (Lipinski definition) is 4. The number of hydrogen-bond donors (Lipinski definition) is 1. The van der Waals surface area contributed by atoms with Crippen molar-refractivity contribution in [2.75, 3.05) is 56.7 Å². The summed E-state index contributed by atoms with van der Waals surface area (Å²) in [6.07, 6.45) is 0. The number of nitrogens with one attached hydrogen (secondary N) is 1. The molecule has 2 heterocycles. The van der Waals surface area contributed by atoms with Gasteiger partial charge in [0, 0.05) is 51.5 Å². The number of benzene rings is 1. The normalized spacial score (nSPS) is 21.1. The number of anilines is 2. The molecule has 7 nitrogen and oxygen atoms in total. The van der Waals surface area contributed by atoms with Crippen molar-refractivity contribution in [3.8, 4) is 0 Å². The van der Waals surface area contributed by atoms with Gasteiger partial charge in [-0.05, 0) is 18.2 Å². The van der Waals surface area contributed by atoms with E-state index in [9.17, 15) is 9.59 Å².